The summed E-state index contributed by atoms with van der Waals surface area (Å²) in [5.74, 6) is 0. The van der Waals surface area contributed by atoms with Crippen LogP contribution in [0.5, 0.6) is 0 Å². The van der Waals surface area contributed by atoms with Crippen molar-refractivity contribution < 1.29 is 4.43 Å². The molecule has 0 bridgehead atoms. The molecule has 0 aromatic rings. The average Bonchev–Trinajstić information content (AvgIpc) is 1.89. The second kappa shape index (κ2) is 4.90. The molecule has 68 valence electrons. The first-order valence-electron chi connectivity index (χ1n) is 4.47. The number of hydrogen-bond acceptors (Lipinski definition) is 2. The molecule has 0 unspecified atom stereocenters. The first-order valence-corrected chi connectivity index (χ1v) is 7.33. The standard InChI is InChI=1S/C8H21NOSi/c1-6-9(7-2)11(4,5)10-8-3/h6-8H2,1-5H3. The Morgan fingerprint density at radius 2 is 1.55 bits per heavy atom. The molecule has 0 fully saturated rings. The fourth-order valence-electron chi connectivity index (χ4n) is 1.43. The zero-order valence-electron chi connectivity index (χ0n) is 8.48. The third-order valence-corrected chi connectivity index (χ3v) is 5.17. The zero-order chi connectivity index (χ0) is 8.91. The summed E-state index contributed by atoms with van der Waals surface area (Å²) in [6.07, 6.45) is 0. The maximum absolute atomic E-state index is 5.74. The predicted octanol–water partition coefficient (Wildman–Crippen LogP) is 2.07. The lowest BCUT2D eigenvalue weighted by Gasteiger charge is -2.33. The lowest BCUT2D eigenvalue weighted by molar-refractivity contribution is 0.263. The van der Waals surface area contributed by atoms with E-state index in [1.165, 1.54) is 0 Å². The maximum atomic E-state index is 5.74. The van der Waals surface area contributed by atoms with Crippen LogP contribution < -0.4 is 0 Å². The van der Waals surface area contributed by atoms with Crippen LogP contribution in [0, 0.1) is 0 Å². The highest BCUT2D eigenvalue weighted by molar-refractivity contribution is 6.68. The van der Waals surface area contributed by atoms with Crippen molar-refractivity contribution in [3.8, 4) is 0 Å². The normalized spacial score (nSPS) is 12.5. The van der Waals surface area contributed by atoms with E-state index < -0.39 is 8.48 Å². The summed E-state index contributed by atoms with van der Waals surface area (Å²) in [6, 6.07) is 0. The molecule has 0 amide bonds. The van der Waals surface area contributed by atoms with Crippen LogP contribution in [0.25, 0.3) is 0 Å². The summed E-state index contributed by atoms with van der Waals surface area (Å²) in [4.78, 5) is 0. The molecule has 0 rings (SSSR count). The molecule has 0 heterocycles. The Morgan fingerprint density at radius 1 is 1.09 bits per heavy atom. The fraction of sp³-hybridized carbons (Fsp3) is 1.00. The second-order valence-electron chi connectivity index (χ2n) is 3.05. The van der Waals surface area contributed by atoms with Gasteiger partial charge in [-0.2, -0.15) is 0 Å². The topological polar surface area (TPSA) is 12.5 Å². The fourth-order valence-corrected chi connectivity index (χ4v) is 3.84. The molecule has 0 saturated heterocycles. The van der Waals surface area contributed by atoms with Gasteiger partial charge in [0.25, 0.3) is 8.48 Å². The van der Waals surface area contributed by atoms with E-state index in [0.29, 0.717) is 0 Å². The van der Waals surface area contributed by atoms with Crippen LogP contribution in [0.15, 0.2) is 0 Å². The van der Waals surface area contributed by atoms with E-state index >= 15 is 0 Å². The van der Waals surface area contributed by atoms with Crippen molar-refractivity contribution in [3.05, 3.63) is 0 Å². The van der Waals surface area contributed by atoms with Gasteiger partial charge in [0, 0.05) is 6.61 Å². The third-order valence-electron chi connectivity index (χ3n) is 2.02. The van der Waals surface area contributed by atoms with Crippen LogP contribution in [-0.2, 0) is 4.43 Å². The molecule has 0 aliphatic rings. The highest BCUT2D eigenvalue weighted by Crippen LogP contribution is 2.10. The molecule has 0 aromatic heterocycles. The second-order valence-corrected chi connectivity index (χ2v) is 6.87. The molecule has 11 heavy (non-hydrogen) atoms. The molecule has 0 spiro atoms. The molecule has 0 atom stereocenters. The van der Waals surface area contributed by atoms with Crippen LogP contribution in [-0.4, -0.2) is 32.7 Å². The highest BCUT2D eigenvalue weighted by Gasteiger charge is 2.28. The zero-order valence-corrected chi connectivity index (χ0v) is 9.48. The molecule has 0 aliphatic heterocycles. The minimum atomic E-state index is -1.50. The van der Waals surface area contributed by atoms with E-state index in [-0.39, 0.29) is 0 Å². The van der Waals surface area contributed by atoms with Crippen LogP contribution >= 0.6 is 0 Å². The van der Waals surface area contributed by atoms with Gasteiger partial charge in [0.1, 0.15) is 0 Å². The van der Waals surface area contributed by atoms with Crippen molar-refractivity contribution in [1.29, 1.82) is 0 Å². The van der Waals surface area contributed by atoms with Gasteiger partial charge >= 0.3 is 0 Å². The molecular formula is C8H21NOSi. The van der Waals surface area contributed by atoms with Gasteiger partial charge in [-0.1, -0.05) is 13.8 Å². The van der Waals surface area contributed by atoms with Crippen LogP contribution in [0.3, 0.4) is 0 Å². The first kappa shape index (κ1) is 11.1. The summed E-state index contributed by atoms with van der Waals surface area (Å²) in [5, 5.41) is 0. The van der Waals surface area contributed by atoms with E-state index in [0.717, 1.165) is 19.7 Å². The molecule has 0 aromatic carbocycles. The Balaban J connectivity index is 4.00. The predicted molar refractivity (Wildman–Crippen MR) is 52.0 cm³/mol. The van der Waals surface area contributed by atoms with Gasteiger partial charge in [-0.15, -0.1) is 0 Å². The Hall–Kier alpha value is 0.137. The van der Waals surface area contributed by atoms with Crippen molar-refractivity contribution in [1.82, 2.24) is 4.57 Å². The summed E-state index contributed by atoms with van der Waals surface area (Å²) in [7, 11) is -1.50. The van der Waals surface area contributed by atoms with Crippen LogP contribution in [0.2, 0.25) is 13.1 Å². The van der Waals surface area contributed by atoms with Gasteiger partial charge in [-0.05, 0) is 33.1 Å². The molecule has 3 heteroatoms. The van der Waals surface area contributed by atoms with Crippen LogP contribution in [0.1, 0.15) is 20.8 Å². The summed E-state index contributed by atoms with van der Waals surface area (Å²) in [6.45, 7) is 14.0. The Morgan fingerprint density at radius 3 is 1.82 bits per heavy atom. The minimum Gasteiger partial charge on any atom is -0.404 e. The van der Waals surface area contributed by atoms with Gasteiger partial charge < -0.3 is 8.99 Å². The lowest BCUT2D eigenvalue weighted by atomic mass is 10.7. The number of hydrogen-bond donors (Lipinski definition) is 0. The molecule has 0 saturated carbocycles. The summed E-state index contributed by atoms with van der Waals surface area (Å²) >= 11 is 0. The average molecular weight is 175 g/mol. The largest absolute Gasteiger partial charge is 0.404 e. The van der Waals surface area contributed by atoms with E-state index in [9.17, 15) is 0 Å². The molecule has 0 radical (unpaired) electrons. The minimum absolute atomic E-state index is 0.843. The maximum Gasteiger partial charge on any atom is 0.265 e. The number of nitrogens with zero attached hydrogens (tertiary/aromatic N) is 1. The van der Waals surface area contributed by atoms with Gasteiger partial charge in [0.15, 0.2) is 0 Å². The smallest absolute Gasteiger partial charge is 0.265 e. The van der Waals surface area contributed by atoms with Gasteiger partial charge in [-0.25, -0.2) is 0 Å². The van der Waals surface area contributed by atoms with Gasteiger partial charge in [-0.3, -0.25) is 0 Å². The van der Waals surface area contributed by atoms with E-state index in [2.05, 4.69) is 38.4 Å². The summed E-state index contributed by atoms with van der Waals surface area (Å²) in [5.41, 5.74) is 0. The molecule has 0 N–H and O–H groups in total. The van der Waals surface area contributed by atoms with Crippen molar-refractivity contribution in [2.45, 2.75) is 33.9 Å². The Labute approximate surface area is 71.8 Å². The SMILES string of the molecule is CCO[Si](C)(C)N(CC)CC. The summed E-state index contributed by atoms with van der Waals surface area (Å²) < 4.78 is 8.18. The van der Waals surface area contributed by atoms with Crippen molar-refractivity contribution in [2.24, 2.45) is 0 Å². The molecule has 0 aliphatic carbocycles. The number of rotatable bonds is 5. The monoisotopic (exact) mass is 175 g/mol. The van der Waals surface area contributed by atoms with Crippen LogP contribution in [0.4, 0.5) is 0 Å². The first-order chi connectivity index (χ1) is 5.08. The van der Waals surface area contributed by atoms with E-state index in [1.807, 2.05) is 0 Å². The van der Waals surface area contributed by atoms with Crippen molar-refractivity contribution >= 4 is 8.48 Å². The van der Waals surface area contributed by atoms with Crippen molar-refractivity contribution in [3.63, 3.8) is 0 Å². The van der Waals surface area contributed by atoms with E-state index in [1.54, 1.807) is 0 Å². The van der Waals surface area contributed by atoms with Gasteiger partial charge in [0.05, 0.1) is 0 Å². The quantitative estimate of drug-likeness (QED) is 0.593. The van der Waals surface area contributed by atoms with Gasteiger partial charge in [0.2, 0.25) is 0 Å². The Bertz CT molecular complexity index is 102. The molecular weight excluding hydrogens is 154 g/mol. The Kier molecular flexibility index (Phi) is 4.96. The molecule has 2 nitrogen and oxygen atoms in total. The van der Waals surface area contributed by atoms with Crippen molar-refractivity contribution in [2.75, 3.05) is 19.7 Å². The highest BCUT2D eigenvalue weighted by atomic mass is 28.4. The third kappa shape index (κ3) is 3.36. The van der Waals surface area contributed by atoms with E-state index in [4.69, 9.17) is 4.43 Å². The lowest BCUT2D eigenvalue weighted by Crippen LogP contribution is -2.51.